The van der Waals surface area contributed by atoms with Gasteiger partial charge < -0.3 is 20.1 Å². The topological polar surface area (TPSA) is 76.7 Å². The predicted octanol–water partition coefficient (Wildman–Crippen LogP) is 7.74. The maximum Gasteiger partial charge on any atom is 0.257 e. The molecule has 0 heterocycles. The van der Waals surface area contributed by atoms with Gasteiger partial charge in [-0.3, -0.25) is 9.59 Å². The minimum absolute atomic E-state index is 0.230. The first-order chi connectivity index (χ1) is 18.4. The van der Waals surface area contributed by atoms with Crippen molar-refractivity contribution in [2.45, 2.75) is 10.1 Å². The Kier molecular flexibility index (Phi) is 9.18. The van der Waals surface area contributed by atoms with Crippen LogP contribution >= 0.6 is 35.0 Å². The van der Waals surface area contributed by atoms with Crippen LogP contribution in [0.2, 0.25) is 10.0 Å². The molecular weight excluding hydrogens is 543 g/mol. The normalized spacial score (nSPS) is 11.4. The summed E-state index contributed by atoms with van der Waals surface area (Å²) in [5.74, 6) is 0.512. The molecule has 6 nitrogen and oxygen atoms in total. The lowest BCUT2D eigenvalue weighted by Gasteiger charge is -2.19. The van der Waals surface area contributed by atoms with Gasteiger partial charge >= 0.3 is 0 Å². The fraction of sp³-hybridized carbons (Fsp3) is 0.103. The van der Waals surface area contributed by atoms with Crippen LogP contribution in [-0.2, 0) is 4.79 Å². The first-order valence-electron chi connectivity index (χ1n) is 11.5. The third-order valence-corrected chi connectivity index (χ3v) is 7.32. The highest BCUT2D eigenvalue weighted by Crippen LogP contribution is 2.38. The molecule has 4 aromatic rings. The number of nitrogens with one attached hydrogen (secondary N) is 2. The van der Waals surface area contributed by atoms with Crippen LogP contribution in [0.4, 0.5) is 11.4 Å². The van der Waals surface area contributed by atoms with Gasteiger partial charge in [-0.05, 0) is 54.1 Å². The first kappa shape index (κ1) is 27.4. The van der Waals surface area contributed by atoms with Crippen LogP contribution in [-0.4, -0.2) is 26.0 Å². The monoisotopic (exact) mass is 566 g/mol. The maximum atomic E-state index is 13.5. The smallest absolute Gasteiger partial charge is 0.257 e. The number of amides is 2. The number of thioether (sulfide) groups is 1. The Labute approximate surface area is 235 Å². The third-order valence-electron chi connectivity index (χ3n) is 5.53. The van der Waals surface area contributed by atoms with Gasteiger partial charge in [0.2, 0.25) is 5.91 Å². The second-order valence-electron chi connectivity index (χ2n) is 8.07. The SMILES string of the molecule is COc1ccc(NC(=O)C(Sc2cccc(NC(=O)c3ccc(Cl)cc3Cl)c2)c2ccccc2)c(OC)c1. The molecule has 0 aliphatic rings. The molecule has 1 unspecified atom stereocenters. The van der Waals surface area contributed by atoms with Crippen LogP contribution in [0.25, 0.3) is 0 Å². The van der Waals surface area contributed by atoms with Crippen molar-refractivity contribution >= 4 is 58.2 Å². The number of anilines is 2. The number of benzene rings is 4. The van der Waals surface area contributed by atoms with Gasteiger partial charge in [-0.25, -0.2) is 0 Å². The highest BCUT2D eigenvalue weighted by atomic mass is 35.5. The third kappa shape index (κ3) is 6.81. The van der Waals surface area contributed by atoms with Crippen LogP contribution in [0.1, 0.15) is 21.2 Å². The fourth-order valence-corrected chi connectivity index (χ4v) is 5.23. The number of methoxy groups -OCH3 is 2. The summed E-state index contributed by atoms with van der Waals surface area (Å²) in [4.78, 5) is 27.1. The molecule has 0 saturated heterocycles. The minimum atomic E-state index is -0.584. The maximum absolute atomic E-state index is 13.5. The quantitative estimate of drug-likeness (QED) is 0.203. The van der Waals surface area contributed by atoms with Gasteiger partial charge in [0.05, 0.1) is 30.5 Å². The Hall–Kier alpha value is -3.65. The van der Waals surface area contributed by atoms with Gasteiger partial charge in [-0.15, -0.1) is 11.8 Å². The number of carbonyl (C=O) groups excluding carboxylic acids is 2. The van der Waals surface area contributed by atoms with Gasteiger partial charge in [0.1, 0.15) is 16.7 Å². The Morgan fingerprint density at radius 2 is 1.61 bits per heavy atom. The molecule has 0 aromatic heterocycles. The van der Waals surface area contributed by atoms with Crippen molar-refractivity contribution < 1.29 is 19.1 Å². The number of hydrogen-bond acceptors (Lipinski definition) is 5. The van der Waals surface area contributed by atoms with E-state index < -0.39 is 5.25 Å². The zero-order chi connectivity index (χ0) is 27.1. The summed E-state index contributed by atoms with van der Waals surface area (Å²) in [7, 11) is 3.10. The number of carbonyl (C=O) groups is 2. The summed E-state index contributed by atoms with van der Waals surface area (Å²) in [5, 5.41) is 5.96. The van der Waals surface area contributed by atoms with Crippen molar-refractivity contribution in [2.75, 3.05) is 24.9 Å². The molecule has 2 N–H and O–H groups in total. The zero-order valence-corrected chi connectivity index (χ0v) is 22.9. The van der Waals surface area contributed by atoms with Crippen LogP contribution in [0.15, 0.2) is 95.9 Å². The number of ether oxygens (including phenoxy) is 2. The average Bonchev–Trinajstić information content (AvgIpc) is 2.92. The van der Waals surface area contributed by atoms with E-state index in [1.807, 2.05) is 48.5 Å². The van der Waals surface area contributed by atoms with Gasteiger partial charge in [0.15, 0.2) is 0 Å². The van der Waals surface area contributed by atoms with Crippen LogP contribution in [0.5, 0.6) is 11.5 Å². The molecule has 0 saturated carbocycles. The Morgan fingerprint density at radius 3 is 2.32 bits per heavy atom. The van der Waals surface area contributed by atoms with Crippen molar-refractivity contribution in [2.24, 2.45) is 0 Å². The van der Waals surface area contributed by atoms with E-state index in [1.54, 1.807) is 43.5 Å². The molecule has 0 radical (unpaired) electrons. The van der Waals surface area contributed by atoms with E-state index in [4.69, 9.17) is 32.7 Å². The second-order valence-corrected chi connectivity index (χ2v) is 10.1. The lowest BCUT2D eigenvalue weighted by molar-refractivity contribution is -0.115. The first-order valence-corrected chi connectivity index (χ1v) is 13.1. The molecule has 2 amide bonds. The minimum Gasteiger partial charge on any atom is -0.497 e. The highest BCUT2D eigenvalue weighted by molar-refractivity contribution is 8.00. The molecule has 194 valence electrons. The van der Waals surface area contributed by atoms with Crippen LogP contribution in [0, 0.1) is 0 Å². The Balaban J connectivity index is 1.56. The molecule has 1 atom stereocenters. The van der Waals surface area contributed by atoms with Crippen molar-refractivity contribution in [3.8, 4) is 11.5 Å². The van der Waals surface area contributed by atoms with Gasteiger partial charge in [-0.2, -0.15) is 0 Å². The molecule has 0 bridgehead atoms. The molecule has 0 spiro atoms. The van der Waals surface area contributed by atoms with E-state index in [-0.39, 0.29) is 16.8 Å². The number of hydrogen-bond donors (Lipinski definition) is 2. The summed E-state index contributed by atoms with van der Waals surface area (Å²) in [5.41, 5.74) is 2.23. The molecular formula is C29H24Cl2N2O4S. The summed E-state index contributed by atoms with van der Waals surface area (Å²) in [6, 6.07) is 26.6. The predicted molar refractivity (Wildman–Crippen MR) is 154 cm³/mol. The van der Waals surface area contributed by atoms with Crippen LogP contribution < -0.4 is 20.1 Å². The second kappa shape index (κ2) is 12.7. The van der Waals surface area contributed by atoms with Crippen LogP contribution in [0.3, 0.4) is 0 Å². The van der Waals surface area contributed by atoms with Gasteiger partial charge in [0, 0.05) is 21.7 Å². The summed E-state index contributed by atoms with van der Waals surface area (Å²) >= 11 is 13.5. The average molecular weight is 567 g/mol. The van der Waals surface area contributed by atoms with Crippen molar-refractivity contribution in [3.05, 3.63) is 112 Å². The Morgan fingerprint density at radius 1 is 0.816 bits per heavy atom. The van der Waals surface area contributed by atoms with E-state index in [2.05, 4.69) is 10.6 Å². The van der Waals surface area contributed by atoms with E-state index in [0.29, 0.717) is 33.5 Å². The van der Waals surface area contributed by atoms with E-state index in [0.717, 1.165) is 10.5 Å². The lowest BCUT2D eigenvalue weighted by atomic mass is 10.1. The van der Waals surface area contributed by atoms with Crippen molar-refractivity contribution in [3.63, 3.8) is 0 Å². The molecule has 4 aromatic carbocycles. The zero-order valence-electron chi connectivity index (χ0n) is 20.5. The highest BCUT2D eigenvalue weighted by Gasteiger charge is 2.24. The van der Waals surface area contributed by atoms with E-state index in [9.17, 15) is 9.59 Å². The van der Waals surface area contributed by atoms with Crippen molar-refractivity contribution in [1.82, 2.24) is 0 Å². The fourth-order valence-electron chi connectivity index (χ4n) is 3.66. The van der Waals surface area contributed by atoms with E-state index >= 15 is 0 Å². The summed E-state index contributed by atoms with van der Waals surface area (Å²) < 4.78 is 10.7. The summed E-state index contributed by atoms with van der Waals surface area (Å²) in [6.45, 7) is 0. The number of halogens is 2. The summed E-state index contributed by atoms with van der Waals surface area (Å²) in [6.07, 6.45) is 0. The molecule has 0 aliphatic heterocycles. The van der Waals surface area contributed by atoms with Gasteiger partial charge in [-0.1, -0.05) is 59.6 Å². The molecule has 0 fully saturated rings. The molecule has 0 aliphatic carbocycles. The van der Waals surface area contributed by atoms with Crippen molar-refractivity contribution in [1.29, 1.82) is 0 Å². The standard InChI is InChI=1S/C29H24Cl2N2O4S/c1-36-21-12-14-25(26(17-21)37-2)33-29(35)27(18-7-4-3-5-8-18)38-22-10-6-9-20(16-22)32-28(34)23-13-11-19(30)15-24(23)31/h3-17,27H,1-2H3,(H,32,34)(H,33,35). The Bertz CT molecular complexity index is 1450. The largest absolute Gasteiger partial charge is 0.497 e. The lowest BCUT2D eigenvalue weighted by Crippen LogP contribution is -2.19. The number of rotatable bonds is 9. The van der Waals surface area contributed by atoms with Gasteiger partial charge in [0.25, 0.3) is 5.91 Å². The molecule has 9 heteroatoms. The molecule has 4 rings (SSSR count). The molecule has 38 heavy (non-hydrogen) atoms. The van der Waals surface area contributed by atoms with E-state index in [1.165, 1.54) is 24.9 Å².